The summed E-state index contributed by atoms with van der Waals surface area (Å²) in [6, 6.07) is 25.8. The van der Waals surface area contributed by atoms with Crippen LogP contribution < -0.4 is 10.6 Å². The third-order valence-electron chi connectivity index (χ3n) is 8.54. The highest BCUT2D eigenvalue weighted by atomic mass is 35.5. The molecule has 0 bridgehead atoms. The molecule has 4 atom stereocenters. The first-order valence-corrected chi connectivity index (χ1v) is 16.7. The number of aliphatic hydroxyl groups excluding tert-OH is 1. The van der Waals surface area contributed by atoms with E-state index in [1.54, 1.807) is 52.1 Å². The SMILES string of the molecule is Cc1cc(Cl)ccc1C(=O)N[C@@H](Cc1ccccc1)[C@@H](O)C[C@@H](Cc1ccc(-c2ccccn2)cc1)NC(=O)[C@@H](N(C)C(=O)O)C(C)(C)C. The number of aliphatic hydroxyl groups is 1. The van der Waals surface area contributed by atoms with Gasteiger partial charge in [-0.2, -0.15) is 0 Å². The van der Waals surface area contributed by atoms with Crippen LogP contribution in [0.4, 0.5) is 4.79 Å². The molecule has 0 radical (unpaired) electrons. The van der Waals surface area contributed by atoms with Crippen LogP contribution in [0.1, 0.15) is 54.2 Å². The fourth-order valence-electron chi connectivity index (χ4n) is 6.10. The lowest BCUT2D eigenvalue weighted by Gasteiger charge is -2.37. The van der Waals surface area contributed by atoms with Crippen molar-refractivity contribution in [2.75, 3.05) is 7.05 Å². The van der Waals surface area contributed by atoms with E-state index in [1.807, 2.05) is 72.8 Å². The van der Waals surface area contributed by atoms with Crippen LogP contribution in [0.25, 0.3) is 11.3 Å². The van der Waals surface area contributed by atoms with E-state index in [-0.39, 0.29) is 12.3 Å². The van der Waals surface area contributed by atoms with Crippen LogP contribution in [0.2, 0.25) is 5.02 Å². The first-order valence-electron chi connectivity index (χ1n) is 16.3. The molecule has 0 aliphatic carbocycles. The van der Waals surface area contributed by atoms with Gasteiger partial charge in [-0.3, -0.25) is 19.5 Å². The number of aromatic nitrogens is 1. The van der Waals surface area contributed by atoms with E-state index < -0.39 is 41.6 Å². The quantitative estimate of drug-likeness (QED) is 0.126. The second-order valence-corrected chi connectivity index (χ2v) is 14.0. The molecule has 0 unspecified atom stereocenters. The second-order valence-electron chi connectivity index (χ2n) is 13.5. The molecule has 0 saturated heterocycles. The Hall–Kier alpha value is -4.73. The average Bonchev–Trinajstić information content (AvgIpc) is 3.05. The van der Waals surface area contributed by atoms with E-state index in [0.717, 1.165) is 27.3 Å². The third kappa shape index (κ3) is 10.4. The molecule has 258 valence electrons. The Morgan fingerprint density at radius 1 is 0.878 bits per heavy atom. The van der Waals surface area contributed by atoms with Crippen molar-refractivity contribution in [2.24, 2.45) is 5.41 Å². The van der Waals surface area contributed by atoms with Gasteiger partial charge in [0.05, 0.1) is 17.8 Å². The highest BCUT2D eigenvalue weighted by Gasteiger charge is 2.38. The Bertz CT molecular complexity index is 1710. The van der Waals surface area contributed by atoms with Crippen LogP contribution in [0.5, 0.6) is 0 Å². The first kappa shape index (κ1) is 37.1. The van der Waals surface area contributed by atoms with Crippen molar-refractivity contribution in [3.63, 3.8) is 0 Å². The molecular formula is C39H45ClN4O5. The minimum absolute atomic E-state index is 0.0821. The maximum atomic E-state index is 13.9. The van der Waals surface area contributed by atoms with Gasteiger partial charge in [-0.05, 0) is 78.6 Å². The Morgan fingerprint density at radius 3 is 2.12 bits per heavy atom. The normalized spacial score (nSPS) is 13.9. The number of carbonyl (C=O) groups is 3. The molecule has 3 amide bonds. The molecule has 3 aromatic carbocycles. The largest absolute Gasteiger partial charge is 0.465 e. The lowest BCUT2D eigenvalue weighted by Crippen LogP contribution is -2.57. The minimum Gasteiger partial charge on any atom is -0.465 e. The van der Waals surface area contributed by atoms with Crippen LogP contribution in [0.3, 0.4) is 0 Å². The van der Waals surface area contributed by atoms with E-state index in [0.29, 0.717) is 29.0 Å². The van der Waals surface area contributed by atoms with Gasteiger partial charge in [0, 0.05) is 35.4 Å². The number of rotatable bonds is 13. The number of carboxylic acid groups (broad SMARTS) is 1. The van der Waals surface area contributed by atoms with Crippen molar-refractivity contribution in [1.29, 1.82) is 0 Å². The second kappa shape index (κ2) is 16.6. The topological polar surface area (TPSA) is 132 Å². The predicted octanol–water partition coefficient (Wildman–Crippen LogP) is 6.55. The third-order valence-corrected chi connectivity index (χ3v) is 8.77. The zero-order chi connectivity index (χ0) is 35.7. The number of hydrogen-bond donors (Lipinski definition) is 4. The fraction of sp³-hybridized carbons (Fsp3) is 0.333. The molecule has 0 aliphatic heterocycles. The van der Waals surface area contributed by atoms with Crippen LogP contribution in [-0.2, 0) is 17.6 Å². The average molecular weight is 685 g/mol. The van der Waals surface area contributed by atoms with Gasteiger partial charge >= 0.3 is 6.09 Å². The monoisotopic (exact) mass is 684 g/mol. The van der Waals surface area contributed by atoms with Crippen LogP contribution >= 0.6 is 11.6 Å². The highest BCUT2D eigenvalue weighted by molar-refractivity contribution is 6.30. The molecule has 0 spiro atoms. The molecular weight excluding hydrogens is 640 g/mol. The first-order chi connectivity index (χ1) is 23.2. The smallest absolute Gasteiger partial charge is 0.407 e. The van der Waals surface area contributed by atoms with Crippen molar-refractivity contribution in [2.45, 2.75) is 71.2 Å². The van der Waals surface area contributed by atoms with Crippen LogP contribution in [0.15, 0.2) is 97.2 Å². The number of nitrogens with zero attached hydrogens (tertiary/aromatic N) is 2. The maximum Gasteiger partial charge on any atom is 0.407 e. The molecule has 10 heteroatoms. The number of nitrogens with one attached hydrogen (secondary N) is 2. The highest BCUT2D eigenvalue weighted by Crippen LogP contribution is 2.25. The number of likely N-dealkylation sites (N-methyl/N-ethyl adjacent to an activating group) is 1. The molecule has 49 heavy (non-hydrogen) atoms. The lowest BCUT2D eigenvalue weighted by molar-refractivity contribution is -0.129. The number of halogens is 1. The molecule has 0 fully saturated rings. The molecule has 4 rings (SSSR count). The van der Waals surface area contributed by atoms with Gasteiger partial charge in [-0.15, -0.1) is 0 Å². The molecule has 4 aromatic rings. The zero-order valence-electron chi connectivity index (χ0n) is 28.6. The molecule has 1 aromatic heterocycles. The van der Waals surface area contributed by atoms with Crippen molar-refractivity contribution in [1.82, 2.24) is 20.5 Å². The van der Waals surface area contributed by atoms with Crippen LogP contribution in [0, 0.1) is 12.3 Å². The van der Waals surface area contributed by atoms with E-state index in [4.69, 9.17) is 11.6 Å². The standard InChI is InChI=1S/C39H45ClN4O5/c1-25-21-29(40)18-19-31(25)36(46)43-33(23-26-11-7-6-8-12-26)34(45)24-30(42-37(47)35(39(2,3)4)44(5)38(48)49)22-27-14-16-28(17-15-27)32-13-9-10-20-41-32/h6-21,30,33-35,45H,22-24H2,1-5H3,(H,42,47)(H,43,46)(H,48,49)/t30-,33+,34+,35-/m1/s1. The van der Waals surface area contributed by atoms with Crippen LogP contribution in [-0.4, -0.2) is 69.3 Å². The molecule has 1 heterocycles. The number of benzene rings is 3. The summed E-state index contributed by atoms with van der Waals surface area (Å²) < 4.78 is 0. The zero-order valence-corrected chi connectivity index (χ0v) is 29.3. The molecule has 0 aliphatic rings. The number of carbonyl (C=O) groups excluding carboxylic acids is 2. The Morgan fingerprint density at radius 2 is 1.53 bits per heavy atom. The predicted molar refractivity (Wildman–Crippen MR) is 193 cm³/mol. The fourth-order valence-corrected chi connectivity index (χ4v) is 6.33. The van der Waals surface area contributed by atoms with Crippen molar-refractivity contribution >= 4 is 29.5 Å². The summed E-state index contributed by atoms with van der Waals surface area (Å²) in [6.07, 6.45) is 0.196. The summed E-state index contributed by atoms with van der Waals surface area (Å²) in [5.74, 6) is -0.823. The lowest BCUT2D eigenvalue weighted by atomic mass is 9.84. The summed E-state index contributed by atoms with van der Waals surface area (Å²) in [7, 11) is 1.38. The van der Waals surface area contributed by atoms with Gasteiger partial charge in [0.2, 0.25) is 5.91 Å². The summed E-state index contributed by atoms with van der Waals surface area (Å²) >= 11 is 6.13. The van der Waals surface area contributed by atoms with Gasteiger partial charge in [-0.25, -0.2) is 4.79 Å². The Labute approximate surface area is 293 Å². The maximum absolute atomic E-state index is 13.9. The number of pyridine rings is 1. The summed E-state index contributed by atoms with van der Waals surface area (Å²) in [5, 5.41) is 28.2. The van der Waals surface area contributed by atoms with Gasteiger partial charge < -0.3 is 20.8 Å². The van der Waals surface area contributed by atoms with Gasteiger partial charge in [0.15, 0.2) is 0 Å². The summed E-state index contributed by atoms with van der Waals surface area (Å²) in [4.78, 5) is 44.8. The molecule has 0 saturated carbocycles. The molecule has 9 nitrogen and oxygen atoms in total. The van der Waals surface area contributed by atoms with Crippen molar-refractivity contribution < 1.29 is 24.6 Å². The van der Waals surface area contributed by atoms with Gasteiger partial charge in [0.1, 0.15) is 6.04 Å². The van der Waals surface area contributed by atoms with Gasteiger partial charge in [-0.1, -0.05) is 93.0 Å². The summed E-state index contributed by atoms with van der Waals surface area (Å²) in [5.41, 5.74) is 4.01. The van der Waals surface area contributed by atoms with Crippen molar-refractivity contribution in [3.8, 4) is 11.3 Å². The molecule has 4 N–H and O–H groups in total. The van der Waals surface area contributed by atoms with Gasteiger partial charge in [0.25, 0.3) is 5.91 Å². The van der Waals surface area contributed by atoms with E-state index in [9.17, 15) is 24.6 Å². The van der Waals surface area contributed by atoms with E-state index in [1.165, 1.54) is 7.05 Å². The van der Waals surface area contributed by atoms with Crippen molar-refractivity contribution in [3.05, 3.63) is 124 Å². The van der Waals surface area contributed by atoms with E-state index >= 15 is 0 Å². The number of aryl methyl sites for hydroxylation is 1. The Kier molecular flexibility index (Phi) is 12.6. The number of hydrogen-bond acceptors (Lipinski definition) is 5. The minimum atomic E-state index is -1.22. The number of amides is 3. The summed E-state index contributed by atoms with van der Waals surface area (Å²) in [6.45, 7) is 7.22. The van der Waals surface area contributed by atoms with E-state index in [2.05, 4.69) is 15.6 Å². The Balaban J connectivity index is 1.64.